The second-order valence-electron chi connectivity index (χ2n) is 6.55. The quantitative estimate of drug-likeness (QED) is 0.783. The molecule has 0 aromatic carbocycles. The van der Waals surface area contributed by atoms with E-state index in [1.165, 1.54) is 19.3 Å². The third kappa shape index (κ3) is 3.07. The van der Waals surface area contributed by atoms with E-state index in [0.717, 1.165) is 38.8 Å². The number of nitrogens with zero attached hydrogens (tertiary/aromatic N) is 2. The van der Waals surface area contributed by atoms with E-state index in [0.29, 0.717) is 30.5 Å². The lowest BCUT2D eigenvalue weighted by molar-refractivity contribution is -0.129. The Morgan fingerprint density at radius 2 is 1.71 bits per heavy atom. The number of fused-ring (bicyclic) bond motifs is 2. The number of rotatable bonds is 2. The van der Waals surface area contributed by atoms with Gasteiger partial charge in [0.15, 0.2) is 0 Å². The highest BCUT2D eigenvalue weighted by molar-refractivity contribution is 5.80. The minimum atomic E-state index is -0.176. The molecule has 3 saturated heterocycles. The topological polar surface area (TPSA) is 49.9 Å². The van der Waals surface area contributed by atoms with Crippen LogP contribution in [0, 0.1) is 0 Å². The molecule has 3 rings (SSSR count). The first kappa shape index (κ1) is 14.8. The predicted molar refractivity (Wildman–Crippen MR) is 79.1 cm³/mol. The second-order valence-corrected chi connectivity index (χ2v) is 6.55. The molecule has 21 heavy (non-hydrogen) atoms. The summed E-state index contributed by atoms with van der Waals surface area (Å²) >= 11 is 0. The maximum Gasteiger partial charge on any atom is 0.409 e. The molecule has 0 aromatic rings. The Hall–Kier alpha value is -1.10. The van der Waals surface area contributed by atoms with Crippen LogP contribution in [0.4, 0.5) is 4.79 Å². The Kier molecular flexibility index (Phi) is 4.48. The summed E-state index contributed by atoms with van der Waals surface area (Å²) in [5.74, 6) is 0.449. The van der Waals surface area contributed by atoms with Gasteiger partial charge in [-0.1, -0.05) is 6.42 Å². The van der Waals surface area contributed by atoms with Gasteiger partial charge < -0.3 is 9.64 Å². The van der Waals surface area contributed by atoms with Crippen molar-refractivity contribution in [3.05, 3.63) is 0 Å². The number of amides is 1. The molecular weight excluding hydrogens is 268 g/mol. The van der Waals surface area contributed by atoms with E-state index in [-0.39, 0.29) is 6.09 Å². The van der Waals surface area contributed by atoms with Gasteiger partial charge >= 0.3 is 6.09 Å². The number of carbonyl (C=O) groups excluding carboxylic acids is 2. The molecule has 2 unspecified atom stereocenters. The third-order valence-electron chi connectivity index (χ3n) is 5.26. The van der Waals surface area contributed by atoms with Crippen molar-refractivity contribution in [1.29, 1.82) is 0 Å². The summed E-state index contributed by atoms with van der Waals surface area (Å²) in [6, 6.07) is 1.47. The third-order valence-corrected chi connectivity index (χ3v) is 5.26. The average Bonchev–Trinajstić information content (AvgIpc) is 2.47. The van der Waals surface area contributed by atoms with Gasteiger partial charge in [-0.15, -0.1) is 0 Å². The Morgan fingerprint density at radius 3 is 2.29 bits per heavy atom. The van der Waals surface area contributed by atoms with Gasteiger partial charge in [0.25, 0.3) is 0 Å². The molecular formula is C16H26N2O3. The largest absolute Gasteiger partial charge is 0.450 e. The summed E-state index contributed by atoms with van der Waals surface area (Å²) in [5, 5.41) is 0. The van der Waals surface area contributed by atoms with Crippen molar-refractivity contribution >= 4 is 11.9 Å². The van der Waals surface area contributed by atoms with E-state index >= 15 is 0 Å². The number of ketones is 1. The Balaban J connectivity index is 1.59. The number of ether oxygens (including phenoxy) is 1. The van der Waals surface area contributed by atoms with E-state index in [1.807, 2.05) is 11.8 Å². The van der Waals surface area contributed by atoms with Gasteiger partial charge in [-0.3, -0.25) is 9.69 Å². The van der Waals surface area contributed by atoms with Gasteiger partial charge in [-0.05, 0) is 32.6 Å². The molecule has 3 heterocycles. The average molecular weight is 294 g/mol. The summed E-state index contributed by atoms with van der Waals surface area (Å²) < 4.78 is 5.08. The number of Topliss-reactive ketones (excluding diaryl/α,β-unsaturated/α-hetero) is 1. The van der Waals surface area contributed by atoms with Crippen molar-refractivity contribution in [3.63, 3.8) is 0 Å². The van der Waals surface area contributed by atoms with E-state index in [4.69, 9.17) is 4.74 Å². The molecule has 3 fully saturated rings. The van der Waals surface area contributed by atoms with Crippen LogP contribution in [0.25, 0.3) is 0 Å². The number of carbonyl (C=O) groups is 2. The molecule has 2 bridgehead atoms. The number of hydrogen-bond acceptors (Lipinski definition) is 4. The SMILES string of the molecule is CCOC(=O)N1CCC(N2C3CCCC2CC(=O)C3)CC1. The van der Waals surface area contributed by atoms with Crippen LogP contribution in [-0.4, -0.2) is 59.5 Å². The van der Waals surface area contributed by atoms with Crippen LogP contribution in [-0.2, 0) is 9.53 Å². The van der Waals surface area contributed by atoms with Crippen LogP contribution in [0.2, 0.25) is 0 Å². The van der Waals surface area contributed by atoms with Crippen molar-refractivity contribution < 1.29 is 14.3 Å². The second kappa shape index (κ2) is 6.34. The standard InChI is InChI=1S/C16H26N2O3/c1-2-21-16(20)17-8-6-12(7-9-17)18-13-4-3-5-14(18)11-15(19)10-13/h12-14H,2-11H2,1H3. The molecule has 0 aliphatic carbocycles. The van der Waals surface area contributed by atoms with E-state index in [2.05, 4.69) is 4.90 Å². The van der Waals surface area contributed by atoms with Gasteiger partial charge in [-0.2, -0.15) is 0 Å². The van der Waals surface area contributed by atoms with Crippen molar-refractivity contribution in [3.8, 4) is 0 Å². The maximum atomic E-state index is 11.8. The molecule has 0 spiro atoms. The fraction of sp³-hybridized carbons (Fsp3) is 0.875. The highest BCUT2D eigenvalue weighted by Crippen LogP contribution is 2.36. The van der Waals surface area contributed by atoms with Gasteiger partial charge in [0.2, 0.25) is 0 Å². The predicted octanol–water partition coefficient (Wildman–Crippen LogP) is 2.19. The molecule has 0 radical (unpaired) electrons. The highest BCUT2D eigenvalue weighted by Gasteiger charge is 2.42. The smallest absolute Gasteiger partial charge is 0.409 e. The fourth-order valence-electron chi connectivity index (χ4n) is 4.37. The lowest BCUT2D eigenvalue weighted by Gasteiger charge is -2.51. The molecule has 118 valence electrons. The molecule has 0 aromatic heterocycles. The monoisotopic (exact) mass is 294 g/mol. The first-order valence-corrected chi connectivity index (χ1v) is 8.40. The van der Waals surface area contributed by atoms with Crippen LogP contribution in [0.1, 0.15) is 51.9 Å². The molecule has 2 atom stereocenters. The van der Waals surface area contributed by atoms with Crippen molar-refractivity contribution in [2.75, 3.05) is 19.7 Å². The van der Waals surface area contributed by atoms with Crippen molar-refractivity contribution in [2.45, 2.75) is 70.0 Å². The van der Waals surface area contributed by atoms with Gasteiger partial charge in [0.1, 0.15) is 5.78 Å². The lowest BCUT2D eigenvalue weighted by atomic mass is 9.81. The van der Waals surface area contributed by atoms with Crippen LogP contribution < -0.4 is 0 Å². The Labute approximate surface area is 126 Å². The summed E-state index contributed by atoms with van der Waals surface area (Å²) in [6.07, 6.45) is 6.94. The maximum absolute atomic E-state index is 11.8. The van der Waals surface area contributed by atoms with Crippen molar-refractivity contribution in [1.82, 2.24) is 9.80 Å². The molecule has 3 aliphatic heterocycles. The van der Waals surface area contributed by atoms with Crippen LogP contribution in [0.3, 0.4) is 0 Å². The van der Waals surface area contributed by atoms with Gasteiger partial charge in [0, 0.05) is 44.1 Å². The molecule has 5 heteroatoms. The van der Waals surface area contributed by atoms with Gasteiger partial charge in [0.05, 0.1) is 6.61 Å². The van der Waals surface area contributed by atoms with Gasteiger partial charge in [-0.25, -0.2) is 4.79 Å². The van der Waals surface area contributed by atoms with E-state index in [9.17, 15) is 9.59 Å². The van der Waals surface area contributed by atoms with Crippen LogP contribution in [0.15, 0.2) is 0 Å². The van der Waals surface area contributed by atoms with Crippen molar-refractivity contribution in [2.24, 2.45) is 0 Å². The molecule has 5 nitrogen and oxygen atoms in total. The normalized spacial score (nSPS) is 31.3. The number of likely N-dealkylation sites (tertiary alicyclic amines) is 1. The zero-order valence-corrected chi connectivity index (χ0v) is 12.9. The summed E-state index contributed by atoms with van der Waals surface area (Å²) in [4.78, 5) is 28.0. The Morgan fingerprint density at radius 1 is 1.10 bits per heavy atom. The first-order valence-electron chi connectivity index (χ1n) is 8.40. The zero-order chi connectivity index (χ0) is 14.8. The molecule has 0 N–H and O–H groups in total. The minimum absolute atomic E-state index is 0.176. The molecule has 3 aliphatic rings. The summed E-state index contributed by atoms with van der Waals surface area (Å²) in [5.41, 5.74) is 0. The first-order chi connectivity index (χ1) is 10.2. The number of piperidine rings is 3. The summed E-state index contributed by atoms with van der Waals surface area (Å²) in [6.45, 7) is 3.86. The van der Waals surface area contributed by atoms with E-state index in [1.54, 1.807) is 0 Å². The van der Waals surface area contributed by atoms with E-state index < -0.39 is 0 Å². The van der Waals surface area contributed by atoms with Crippen LogP contribution in [0.5, 0.6) is 0 Å². The number of hydrogen-bond donors (Lipinski definition) is 0. The Bertz CT molecular complexity index is 388. The highest BCUT2D eigenvalue weighted by atomic mass is 16.6. The molecule has 0 saturated carbocycles. The lowest BCUT2D eigenvalue weighted by Crippen LogP contribution is -2.59. The molecule has 1 amide bonds. The minimum Gasteiger partial charge on any atom is -0.450 e. The van der Waals surface area contributed by atoms with Crippen LogP contribution >= 0.6 is 0 Å². The summed E-state index contributed by atoms with van der Waals surface area (Å²) in [7, 11) is 0. The fourth-order valence-corrected chi connectivity index (χ4v) is 4.37. The zero-order valence-electron chi connectivity index (χ0n) is 12.9.